The number of hydrogen-bond donors (Lipinski definition) is 0. The van der Waals surface area contributed by atoms with E-state index in [1.807, 2.05) is 31.4 Å². The molecule has 0 atom stereocenters. The predicted octanol–water partition coefficient (Wildman–Crippen LogP) is 2.27. The minimum Gasteiger partial charge on any atom is -0.497 e. The molecule has 8 nitrogen and oxygen atoms in total. The zero-order valence-electron chi connectivity index (χ0n) is 13.3. The number of hydrogen-bond acceptors (Lipinski definition) is 7. The quantitative estimate of drug-likeness (QED) is 0.566. The summed E-state index contributed by atoms with van der Waals surface area (Å²) in [4.78, 5) is 0.710. The number of fused-ring (bicyclic) bond motifs is 1. The summed E-state index contributed by atoms with van der Waals surface area (Å²) in [5.41, 5.74) is 1.74. The van der Waals surface area contributed by atoms with Gasteiger partial charge < -0.3 is 9.47 Å². The van der Waals surface area contributed by atoms with E-state index >= 15 is 0 Å². The zero-order valence-corrected chi connectivity index (χ0v) is 14.1. The average Bonchev–Trinajstić information content (AvgIpc) is 3.29. The van der Waals surface area contributed by atoms with Crippen molar-refractivity contribution in [1.29, 1.82) is 0 Å². The van der Waals surface area contributed by atoms with Gasteiger partial charge in [0.1, 0.15) is 11.5 Å². The molecule has 0 saturated carbocycles. The Labute approximate surface area is 141 Å². The first-order valence-electron chi connectivity index (χ1n) is 7.13. The molecule has 0 fully saturated rings. The van der Waals surface area contributed by atoms with Crippen LogP contribution < -0.4 is 9.47 Å². The van der Waals surface area contributed by atoms with E-state index in [0.717, 1.165) is 21.9 Å². The summed E-state index contributed by atoms with van der Waals surface area (Å²) >= 11 is 1.45. The van der Waals surface area contributed by atoms with Crippen molar-refractivity contribution in [3.05, 3.63) is 30.6 Å². The highest BCUT2D eigenvalue weighted by molar-refractivity contribution is 7.19. The van der Waals surface area contributed by atoms with Crippen LogP contribution in [0.1, 0.15) is 0 Å². The lowest BCUT2D eigenvalue weighted by Crippen LogP contribution is -1.93. The van der Waals surface area contributed by atoms with Crippen LogP contribution in [0, 0.1) is 0 Å². The SMILES string of the molecule is COc1ccc(-c2nn3c(-c4cnn(C)c4)nnc3s2)c(OC)c1. The lowest BCUT2D eigenvalue weighted by Gasteiger charge is -2.07. The van der Waals surface area contributed by atoms with Crippen molar-refractivity contribution in [3.8, 4) is 33.5 Å². The maximum Gasteiger partial charge on any atom is 0.235 e. The van der Waals surface area contributed by atoms with E-state index in [0.29, 0.717) is 16.5 Å². The van der Waals surface area contributed by atoms with Crippen molar-refractivity contribution >= 4 is 16.3 Å². The predicted molar refractivity (Wildman–Crippen MR) is 89.4 cm³/mol. The second kappa shape index (κ2) is 5.60. The minimum atomic E-state index is 0.660. The van der Waals surface area contributed by atoms with Crippen LogP contribution >= 0.6 is 11.3 Å². The Bertz CT molecular complexity index is 1020. The number of nitrogens with zero attached hydrogens (tertiary/aromatic N) is 6. The number of aryl methyl sites for hydroxylation is 1. The Balaban J connectivity index is 1.83. The van der Waals surface area contributed by atoms with Crippen LogP contribution in [0.25, 0.3) is 26.9 Å². The number of methoxy groups -OCH3 is 2. The lowest BCUT2D eigenvalue weighted by molar-refractivity contribution is 0.395. The molecule has 4 rings (SSSR count). The third-order valence-corrected chi connectivity index (χ3v) is 4.53. The molecule has 0 spiro atoms. The third kappa shape index (κ3) is 2.29. The molecule has 3 heterocycles. The minimum absolute atomic E-state index is 0.660. The maximum atomic E-state index is 5.46. The molecule has 0 aliphatic rings. The molecule has 0 radical (unpaired) electrons. The molecule has 3 aromatic heterocycles. The first-order valence-corrected chi connectivity index (χ1v) is 7.95. The van der Waals surface area contributed by atoms with Crippen LogP contribution in [0.3, 0.4) is 0 Å². The summed E-state index contributed by atoms with van der Waals surface area (Å²) in [7, 11) is 5.10. The topological polar surface area (TPSA) is 79.4 Å². The Morgan fingerprint density at radius 2 is 2.00 bits per heavy atom. The highest BCUT2D eigenvalue weighted by Gasteiger charge is 2.18. The molecule has 0 aliphatic heterocycles. The van der Waals surface area contributed by atoms with Gasteiger partial charge in [-0.1, -0.05) is 11.3 Å². The van der Waals surface area contributed by atoms with E-state index in [4.69, 9.17) is 9.47 Å². The molecule has 0 N–H and O–H groups in total. The molecule has 0 unspecified atom stereocenters. The fraction of sp³-hybridized carbons (Fsp3) is 0.200. The van der Waals surface area contributed by atoms with Gasteiger partial charge in [0.05, 0.1) is 31.5 Å². The first kappa shape index (κ1) is 14.6. The largest absolute Gasteiger partial charge is 0.497 e. The van der Waals surface area contributed by atoms with Crippen LogP contribution in [0.5, 0.6) is 11.5 Å². The van der Waals surface area contributed by atoms with Crippen LogP contribution in [-0.4, -0.2) is 43.8 Å². The number of ether oxygens (including phenoxy) is 2. The molecule has 1 aromatic carbocycles. The van der Waals surface area contributed by atoms with Gasteiger partial charge in [0.15, 0.2) is 10.8 Å². The van der Waals surface area contributed by atoms with E-state index in [2.05, 4.69) is 20.4 Å². The van der Waals surface area contributed by atoms with Gasteiger partial charge in [-0.2, -0.15) is 14.7 Å². The summed E-state index contributed by atoms with van der Waals surface area (Å²) in [6.45, 7) is 0. The summed E-state index contributed by atoms with van der Waals surface area (Å²) in [6, 6.07) is 5.63. The van der Waals surface area contributed by atoms with Crippen molar-refractivity contribution in [1.82, 2.24) is 29.6 Å². The van der Waals surface area contributed by atoms with Gasteiger partial charge in [-0.3, -0.25) is 4.68 Å². The number of aromatic nitrogens is 6. The van der Waals surface area contributed by atoms with E-state index in [-0.39, 0.29) is 0 Å². The van der Waals surface area contributed by atoms with Crippen LogP contribution in [0.4, 0.5) is 0 Å². The molecule has 0 bridgehead atoms. The van der Waals surface area contributed by atoms with Crippen LogP contribution in [0.2, 0.25) is 0 Å². The molecule has 0 amide bonds. The fourth-order valence-electron chi connectivity index (χ4n) is 2.42. The highest BCUT2D eigenvalue weighted by atomic mass is 32.1. The molecular weight excluding hydrogens is 328 g/mol. The fourth-order valence-corrected chi connectivity index (χ4v) is 3.29. The van der Waals surface area contributed by atoms with Gasteiger partial charge >= 0.3 is 0 Å². The van der Waals surface area contributed by atoms with Gasteiger partial charge in [-0.05, 0) is 12.1 Å². The molecule has 0 aliphatic carbocycles. The van der Waals surface area contributed by atoms with Gasteiger partial charge in [0.2, 0.25) is 4.96 Å². The Morgan fingerprint density at radius 3 is 2.71 bits per heavy atom. The monoisotopic (exact) mass is 342 g/mol. The van der Waals surface area contributed by atoms with Crippen molar-refractivity contribution < 1.29 is 9.47 Å². The second-order valence-electron chi connectivity index (χ2n) is 5.09. The number of rotatable bonds is 4. The Kier molecular flexibility index (Phi) is 3.42. The van der Waals surface area contributed by atoms with E-state index in [1.165, 1.54) is 11.3 Å². The van der Waals surface area contributed by atoms with Crippen LogP contribution in [-0.2, 0) is 7.05 Å². The molecule has 122 valence electrons. The van der Waals surface area contributed by atoms with Crippen molar-refractivity contribution in [2.45, 2.75) is 0 Å². The Hall–Kier alpha value is -2.94. The average molecular weight is 342 g/mol. The molecule has 9 heteroatoms. The lowest BCUT2D eigenvalue weighted by atomic mass is 10.2. The zero-order chi connectivity index (χ0) is 16.7. The molecule has 0 saturated heterocycles. The second-order valence-corrected chi connectivity index (χ2v) is 6.05. The molecular formula is C15H14N6O2S. The summed E-state index contributed by atoms with van der Waals surface area (Å²) in [6.07, 6.45) is 3.62. The van der Waals surface area contributed by atoms with E-state index < -0.39 is 0 Å². The summed E-state index contributed by atoms with van der Waals surface area (Å²) in [5, 5.41) is 18.0. The molecule has 4 aromatic rings. The first-order chi connectivity index (χ1) is 11.7. The van der Waals surface area contributed by atoms with Crippen molar-refractivity contribution in [3.63, 3.8) is 0 Å². The van der Waals surface area contributed by atoms with Gasteiger partial charge in [0, 0.05) is 19.3 Å². The van der Waals surface area contributed by atoms with E-state index in [1.54, 1.807) is 29.6 Å². The van der Waals surface area contributed by atoms with Crippen molar-refractivity contribution in [2.24, 2.45) is 7.05 Å². The standard InChI is InChI=1S/C15H14N6O2S/c1-20-8-9(7-16-20)13-17-18-15-21(13)19-14(24-15)11-5-4-10(22-2)6-12(11)23-3/h4-8H,1-3H3. The van der Waals surface area contributed by atoms with Gasteiger partial charge in [-0.25, -0.2) is 0 Å². The normalized spacial score (nSPS) is 11.1. The van der Waals surface area contributed by atoms with Gasteiger partial charge in [0.25, 0.3) is 0 Å². The summed E-state index contributed by atoms with van der Waals surface area (Å²) < 4.78 is 14.1. The third-order valence-electron chi connectivity index (χ3n) is 3.59. The smallest absolute Gasteiger partial charge is 0.235 e. The van der Waals surface area contributed by atoms with Crippen LogP contribution in [0.15, 0.2) is 30.6 Å². The maximum absolute atomic E-state index is 5.46. The van der Waals surface area contributed by atoms with Gasteiger partial charge in [-0.15, -0.1) is 10.2 Å². The molecule has 24 heavy (non-hydrogen) atoms. The highest BCUT2D eigenvalue weighted by Crippen LogP contribution is 2.36. The number of benzene rings is 1. The van der Waals surface area contributed by atoms with Crippen molar-refractivity contribution in [2.75, 3.05) is 14.2 Å². The summed E-state index contributed by atoms with van der Waals surface area (Å²) in [5.74, 6) is 2.09. The Morgan fingerprint density at radius 1 is 1.12 bits per heavy atom. The van der Waals surface area contributed by atoms with E-state index in [9.17, 15) is 0 Å².